The summed E-state index contributed by atoms with van der Waals surface area (Å²) in [6.45, 7) is 4.43. The van der Waals surface area contributed by atoms with Crippen molar-refractivity contribution in [3.8, 4) is 5.75 Å². The number of rotatable bonds is 7. The SMILES string of the molecule is CCCc1noc(COc2ccc(C(N)CC)cc2)n1. The van der Waals surface area contributed by atoms with Gasteiger partial charge in [0.25, 0.3) is 5.89 Å². The molecule has 0 aliphatic rings. The third kappa shape index (κ3) is 3.81. The highest BCUT2D eigenvalue weighted by Crippen LogP contribution is 2.19. The van der Waals surface area contributed by atoms with Crippen LogP contribution in [0.25, 0.3) is 0 Å². The van der Waals surface area contributed by atoms with Crippen molar-refractivity contribution < 1.29 is 9.26 Å². The van der Waals surface area contributed by atoms with Crippen LogP contribution < -0.4 is 10.5 Å². The number of hydrogen-bond donors (Lipinski definition) is 1. The van der Waals surface area contributed by atoms with Crippen molar-refractivity contribution in [2.24, 2.45) is 5.73 Å². The topological polar surface area (TPSA) is 74.2 Å². The molecule has 5 nitrogen and oxygen atoms in total. The van der Waals surface area contributed by atoms with Crippen LogP contribution in [0.3, 0.4) is 0 Å². The fraction of sp³-hybridized carbons (Fsp3) is 0.467. The second-order valence-corrected chi connectivity index (χ2v) is 4.73. The average Bonchev–Trinajstić information content (AvgIpc) is 2.93. The minimum atomic E-state index is 0.0802. The van der Waals surface area contributed by atoms with Crippen molar-refractivity contribution in [3.63, 3.8) is 0 Å². The Hall–Kier alpha value is -1.88. The second kappa shape index (κ2) is 7.05. The van der Waals surface area contributed by atoms with Gasteiger partial charge in [0.1, 0.15) is 5.75 Å². The lowest BCUT2D eigenvalue weighted by atomic mass is 10.1. The van der Waals surface area contributed by atoms with E-state index < -0.39 is 0 Å². The summed E-state index contributed by atoms with van der Waals surface area (Å²) in [5.74, 6) is 2.01. The first-order chi connectivity index (χ1) is 9.72. The van der Waals surface area contributed by atoms with Crippen LogP contribution >= 0.6 is 0 Å². The zero-order valence-electron chi connectivity index (χ0n) is 12.0. The summed E-state index contributed by atoms with van der Waals surface area (Å²) in [4.78, 5) is 4.25. The van der Waals surface area contributed by atoms with Gasteiger partial charge in [-0.25, -0.2) is 0 Å². The molecular weight excluding hydrogens is 254 g/mol. The minimum absolute atomic E-state index is 0.0802. The quantitative estimate of drug-likeness (QED) is 0.840. The zero-order chi connectivity index (χ0) is 14.4. The van der Waals surface area contributed by atoms with Gasteiger partial charge >= 0.3 is 0 Å². The highest BCUT2D eigenvalue weighted by molar-refractivity contribution is 5.29. The fourth-order valence-corrected chi connectivity index (χ4v) is 1.87. The van der Waals surface area contributed by atoms with Gasteiger partial charge in [0.05, 0.1) is 0 Å². The predicted molar refractivity (Wildman–Crippen MR) is 76.3 cm³/mol. The number of benzene rings is 1. The molecular formula is C15H21N3O2. The number of nitrogens with two attached hydrogens (primary N) is 1. The van der Waals surface area contributed by atoms with Crippen LogP contribution in [0.1, 0.15) is 50.0 Å². The molecule has 1 unspecified atom stereocenters. The maximum Gasteiger partial charge on any atom is 0.264 e. The summed E-state index contributed by atoms with van der Waals surface area (Å²) in [6, 6.07) is 7.87. The number of aromatic nitrogens is 2. The van der Waals surface area contributed by atoms with Crippen molar-refractivity contribution >= 4 is 0 Å². The zero-order valence-corrected chi connectivity index (χ0v) is 12.0. The van der Waals surface area contributed by atoms with E-state index in [-0.39, 0.29) is 12.6 Å². The fourth-order valence-electron chi connectivity index (χ4n) is 1.87. The lowest BCUT2D eigenvalue weighted by Crippen LogP contribution is -2.08. The molecule has 0 fully saturated rings. The first-order valence-electron chi connectivity index (χ1n) is 7.02. The summed E-state index contributed by atoms with van der Waals surface area (Å²) in [6.07, 6.45) is 2.74. The van der Waals surface area contributed by atoms with Crippen LogP contribution in [0.2, 0.25) is 0 Å². The van der Waals surface area contributed by atoms with Crippen LogP contribution in [-0.2, 0) is 13.0 Å². The van der Waals surface area contributed by atoms with E-state index in [2.05, 4.69) is 24.0 Å². The molecule has 108 valence electrons. The van der Waals surface area contributed by atoms with E-state index in [1.165, 1.54) is 0 Å². The smallest absolute Gasteiger partial charge is 0.264 e. The maximum atomic E-state index is 5.97. The molecule has 5 heteroatoms. The summed E-state index contributed by atoms with van der Waals surface area (Å²) in [7, 11) is 0. The summed E-state index contributed by atoms with van der Waals surface area (Å²) in [5.41, 5.74) is 7.08. The molecule has 0 amide bonds. The van der Waals surface area contributed by atoms with Crippen molar-refractivity contribution in [3.05, 3.63) is 41.5 Å². The van der Waals surface area contributed by atoms with E-state index in [0.29, 0.717) is 5.89 Å². The lowest BCUT2D eigenvalue weighted by Gasteiger charge is -2.10. The highest BCUT2D eigenvalue weighted by atomic mass is 16.5. The molecule has 1 aromatic heterocycles. The molecule has 1 aromatic carbocycles. The summed E-state index contributed by atoms with van der Waals surface area (Å²) in [5, 5.41) is 3.88. The molecule has 0 aliphatic heterocycles. The van der Waals surface area contributed by atoms with Crippen molar-refractivity contribution in [1.82, 2.24) is 10.1 Å². The van der Waals surface area contributed by atoms with Crippen molar-refractivity contribution in [2.75, 3.05) is 0 Å². The molecule has 0 bridgehead atoms. The van der Waals surface area contributed by atoms with Crippen molar-refractivity contribution in [1.29, 1.82) is 0 Å². The Balaban J connectivity index is 1.89. The average molecular weight is 275 g/mol. The molecule has 1 heterocycles. The minimum Gasteiger partial charge on any atom is -0.484 e. The molecule has 20 heavy (non-hydrogen) atoms. The Morgan fingerprint density at radius 2 is 2.00 bits per heavy atom. The first kappa shape index (κ1) is 14.5. The van der Waals surface area contributed by atoms with Crippen LogP contribution in [0.4, 0.5) is 0 Å². The van der Waals surface area contributed by atoms with Gasteiger partial charge in [0.15, 0.2) is 12.4 Å². The van der Waals surface area contributed by atoms with Crippen LogP contribution in [0.15, 0.2) is 28.8 Å². The standard InChI is InChI=1S/C15H21N3O2/c1-3-5-14-17-15(20-18-14)10-19-12-8-6-11(7-9-12)13(16)4-2/h6-9,13H,3-5,10,16H2,1-2H3. The Kier molecular flexibility index (Phi) is 5.12. The molecule has 0 radical (unpaired) electrons. The van der Waals surface area contributed by atoms with Gasteiger partial charge in [-0.3, -0.25) is 0 Å². The number of aryl methyl sites for hydroxylation is 1. The molecule has 0 saturated heterocycles. The third-order valence-corrected chi connectivity index (χ3v) is 3.09. The largest absolute Gasteiger partial charge is 0.484 e. The third-order valence-electron chi connectivity index (χ3n) is 3.09. The van der Waals surface area contributed by atoms with E-state index in [0.717, 1.165) is 36.4 Å². The number of ether oxygens (including phenoxy) is 1. The van der Waals surface area contributed by atoms with Crippen LogP contribution in [0.5, 0.6) is 5.75 Å². The Labute approximate surface area is 119 Å². The van der Waals surface area contributed by atoms with Gasteiger partial charge in [0, 0.05) is 12.5 Å². The first-order valence-corrected chi connectivity index (χ1v) is 7.02. The van der Waals surface area contributed by atoms with E-state index >= 15 is 0 Å². The maximum absolute atomic E-state index is 5.97. The van der Waals surface area contributed by atoms with E-state index in [9.17, 15) is 0 Å². The molecule has 2 aromatic rings. The van der Waals surface area contributed by atoms with E-state index in [1.54, 1.807) is 0 Å². The Morgan fingerprint density at radius 1 is 1.25 bits per heavy atom. The predicted octanol–water partition coefficient (Wildman–Crippen LogP) is 3.01. The van der Waals surface area contributed by atoms with Gasteiger partial charge < -0.3 is 15.0 Å². The van der Waals surface area contributed by atoms with Gasteiger partial charge in [-0.15, -0.1) is 0 Å². The van der Waals surface area contributed by atoms with Crippen LogP contribution in [-0.4, -0.2) is 10.1 Å². The van der Waals surface area contributed by atoms with Gasteiger partial charge in [-0.1, -0.05) is 31.1 Å². The van der Waals surface area contributed by atoms with Gasteiger partial charge in [0.2, 0.25) is 0 Å². The Morgan fingerprint density at radius 3 is 2.65 bits per heavy atom. The Bertz CT molecular complexity index is 522. The van der Waals surface area contributed by atoms with Crippen LogP contribution in [0, 0.1) is 0 Å². The van der Waals surface area contributed by atoms with Crippen molar-refractivity contribution in [2.45, 2.75) is 45.8 Å². The molecule has 2 N–H and O–H groups in total. The van der Waals surface area contributed by atoms with Gasteiger partial charge in [-0.05, 0) is 30.5 Å². The molecule has 1 atom stereocenters. The molecule has 2 rings (SSSR count). The highest BCUT2D eigenvalue weighted by Gasteiger charge is 2.07. The second-order valence-electron chi connectivity index (χ2n) is 4.73. The monoisotopic (exact) mass is 275 g/mol. The van der Waals surface area contributed by atoms with E-state index in [4.69, 9.17) is 15.0 Å². The van der Waals surface area contributed by atoms with E-state index in [1.807, 2.05) is 24.3 Å². The number of nitrogens with zero attached hydrogens (tertiary/aromatic N) is 2. The molecule has 0 aliphatic carbocycles. The number of hydrogen-bond acceptors (Lipinski definition) is 5. The molecule has 0 saturated carbocycles. The van der Waals surface area contributed by atoms with Gasteiger partial charge in [-0.2, -0.15) is 4.98 Å². The summed E-state index contributed by atoms with van der Waals surface area (Å²) < 4.78 is 10.7. The lowest BCUT2D eigenvalue weighted by molar-refractivity contribution is 0.242. The summed E-state index contributed by atoms with van der Waals surface area (Å²) >= 11 is 0. The normalized spacial score (nSPS) is 12.3. The molecule has 0 spiro atoms.